The van der Waals surface area contributed by atoms with Gasteiger partial charge in [0, 0.05) is 24.0 Å². The first-order valence-electron chi connectivity index (χ1n) is 9.32. The summed E-state index contributed by atoms with van der Waals surface area (Å²) in [4.78, 5) is 16.1. The van der Waals surface area contributed by atoms with Crippen LogP contribution >= 0.6 is 0 Å². The highest BCUT2D eigenvalue weighted by atomic mass is 19.1. The normalized spacial score (nSPS) is 13.0. The Morgan fingerprint density at radius 2 is 1.89 bits per heavy atom. The molecule has 5 heteroatoms. The molecule has 0 atom stereocenters. The van der Waals surface area contributed by atoms with Crippen molar-refractivity contribution < 1.29 is 9.18 Å². The highest BCUT2D eigenvalue weighted by Crippen LogP contribution is 2.31. The van der Waals surface area contributed by atoms with E-state index < -0.39 is 0 Å². The zero-order valence-electron chi connectivity index (χ0n) is 15.6. The Morgan fingerprint density at radius 1 is 1.15 bits per heavy atom. The van der Waals surface area contributed by atoms with E-state index >= 15 is 0 Å². The number of carbonyl (C=O) groups is 1. The monoisotopic (exact) mass is 365 g/mol. The van der Waals surface area contributed by atoms with Gasteiger partial charge in [-0.3, -0.25) is 4.79 Å². The van der Waals surface area contributed by atoms with Gasteiger partial charge < -0.3 is 11.1 Å². The SMILES string of the molecule is CC.Nc1ncc(CNC(=O)C2CC2)c2ccc(-c3cccc(F)c3)cc12. The summed E-state index contributed by atoms with van der Waals surface area (Å²) in [6, 6.07) is 12.2. The summed E-state index contributed by atoms with van der Waals surface area (Å²) in [5.41, 5.74) is 8.62. The molecule has 2 aromatic carbocycles. The fraction of sp³-hybridized carbons (Fsp3) is 0.273. The lowest BCUT2D eigenvalue weighted by Gasteiger charge is -2.11. The number of nitrogen functional groups attached to an aromatic ring is 1. The topological polar surface area (TPSA) is 68.0 Å². The first-order valence-corrected chi connectivity index (χ1v) is 9.32. The van der Waals surface area contributed by atoms with Crippen molar-refractivity contribution in [2.24, 2.45) is 5.92 Å². The Kier molecular flexibility index (Phi) is 5.69. The molecule has 0 radical (unpaired) electrons. The van der Waals surface area contributed by atoms with Crippen molar-refractivity contribution in [1.29, 1.82) is 0 Å². The van der Waals surface area contributed by atoms with Crippen LogP contribution in [0.15, 0.2) is 48.7 Å². The van der Waals surface area contributed by atoms with Crippen LogP contribution in [-0.2, 0) is 11.3 Å². The highest BCUT2D eigenvalue weighted by Gasteiger charge is 2.29. The number of rotatable bonds is 4. The van der Waals surface area contributed by atoms with Gasteiger partial charge >= 0.3 is 0 Å². The number of nitrogens with one attached hydrogen (secondary N) is 1. The van der Waals surface area contributed by atoms with E-state index in [0.29, 0.717) is 12.4 Å². The summed E-state index contributed by atoms with van der Waals surface area (Å²) in [6.45, 7) is 4.43. The van der Waals surface area contributed by atoms with Crippen LogP contribution in [0.4, 0.5) is 10.2 Å². The molecule has 27 heavy (non-hydrogen) atoms. The maximum Gasteiger partial charge on any atom is 0.223 e. The molecule has 1 aliphatic carbocycles. The molecule has 3 N–H and O–H groups in total. The summed E-state index contributed by atoms with van der Waals surface area (Å²) >= 11 is 0. The number of halogens is 1. The molecule has 0 aliphatic heterocycles. The Hall–Kier alpha value is -2.95. The minimum Gasteiger partial charge on any atom is -0.383 e. The first-order chi connectivity index (χ1) is 13.1. The van der Waals surface area contributed by atoms with Crippen molar-refractivity contribution in [2.45, 2.75) is 33.2 Å². The number of hydrogen-bond donors (Lipinski definition) is 2. The van der Waals surface area contributed by atoms with Crippen molar-refractivity contribution in [1.82, 2.24) is 10.3 Å². The van der Waals surface area contributed by atoms with Gasteiger partial charge in [0.25, 0.3) is 0 Å². The van der Waals surface area contributed by atoms with Crippen molar-refractivity contribution >= 4 is 22.5 Å². The first kappa shape index (κ1) is 18.8. The van der Waals surface area contributed by atoms with Crippen molar-refractivity contribution in [3.05, 3.63) is 60.0 Å². The molecule has 1 aliphatic rings. The fourth-order valence-corrected chi connectivity index (χ4v) is 2.98. The number of benzene rings is 2. The zero-order chi connectivity index (χ0) is 19.4. The van der Waals surface area contributed by atoms with Gasteiger partial charge in [-0.15, -0.1) is 0 Å². The van der Waals surface area contributed by atoms with Gasteiger partial charge in [-0.05, 0) is 53.1 Å². The van der Waals surface area contributed by atoms with Crippen LogP contribution in [0, 0.1) is 11.7 Å². The lowest BCUT2D eigenvalue weighted by atomic mass is 9.99. The van der Waals surface area contributed by atoms with Crippen molar-refractivity contribution in [3.8, 4) is 11.1 Å². The molecule has 0 unspecified atom stereocenters. The van der Waals surface area contributed by atoms with Crippen LogP contribution in [-0.4, -0.2) is 10.9 Å². The van der Waals surface area contributed by atoms with Gasteiger partial charge in [-0.1, -0.05) is 38.1 Å². The van der Waals surface area contributed by atoms with Crippen LogP contribution in [0.3, 0.4) is 0 Å². The summed E-state index contributed by atoms with van der Waals surface area (Å²) in [5, 5.41) is 4.71. The molecule has 3 aromatic rings. The number of nitrogens with two attached hydrogens (primary N) is 1. The second-order valence-electron chi connectivity index (χ2n) is 6.43. The largest absolute Gasteiger partial charge is 0.383 e. The third-order valence-corrected chi connectivity index (χ3v) is 4.56. The smallest absolute Gasteiger partial charge is 0.223 e. The van der Waals surface area contributed by atoms with E-state index in [1.54, 1.807) is 12.3 Å². The summed E-state index contributed by atoms with van der Waals surface area (Å²) in [6.07, 6.45) is 3.65. The standard InChI is InChI=1S/C20H18FN3O.C2H6/c21-16-3-1-2-13(8-16)14-6-7-17-15(10-23-19(22)18(17)9-14)11-24-20(25)12-4-5-12;1-2/h1-3,6-10,12H,4-5,11H2,(H2,22,23)(H,24,25);1-2H3. The zero-order valence-corrected chi connectivity index (χ0v) is 15.6. The number of fused-ring (bicyclic) bond motifs is 1. The van der Waals surface area contributed by atoms with Gasteiger partial charge in [0.1, 0.15) is 11.6 Å². The summed E-state index contributed by atoms with van der Waals surface area (Å²) in [5.74, 6) is 0.416. The number of hydrogen-bond acceptors (Lipinski definition) is 3. The Balaban J connectivity index is 0.00000102. The van der Waals surface area contributed by atoms with Crippen LogP contribution in [0.5, 0.6) is 0 Å². The number of carbonyl (C=O) groups excluding carboxylic acids is 1. The molecule has 4 rings (SSSR count). The predicted octanol–water partition coefficient (Wildman–Crippen LogP) is 4.68. The van der Waals surface area contributed by atoms with E-state index in [1.807, 2.05) is 38.1 Å². The minimum absolute atomic E-state index is 0.0985. The predicted molar refractivity (Wildman–Crippen MR) is 107 cm³/mol. The fourth-order valence-electron chi connectivity index (χ4n) is 2.98. The van der Waals surface area contributed by atoms with Crippen molar-refractivity contribution in [2.75, 3.05) is 5.73 Å². The molecule has 140 valence electrons. The lowest BCUT2D eigenvalue weighted by molar-refractivity contribution is -0.122. The highest BCUT2D eigenvalue weighted by molar-refractivity contribution is 5.96. The van der Waals surface area contributed by atoms with Gasteiger partial charge in [0.2, 0.25) is 5.91 Å². The number of aromatic nitrogens is 1. The number of pyridine rings is 1. The molecule has 1 amide bonds. The van der Waals surface area contributed by atoms with E-state index in [4.69, 9.17) is 5.73 Å². The molecule has 1 fully saturated rings. The molecule has 1 aromatic heterocycles. The van der Waals surface area contributed by atoms with Gasteiger partial charge in [-0.2, -0.15) is 0 Å². The van der Waals surface area contributed by atoms with E-state index in [0.717, 1.165) is 40.3 Å². The van der Waals surface area contributed by atoms with Crippen LogP contribution in [0.2, 0.25) is 0 Å². The van der Waals surface area contributed by atoms with Crippen molar-refractivity contribution in [3.63, 3.8) is 0 Å². The van der Waals surface area contributed by atoms with E-state index in [2.05, 4.69) is 10.3 Å². The van der Waals surface area contributed by atoms with Gasteiger partial charge in [0.05, 0.1) is 0 Å². The third kappa shape index (κ3) is 4.25. The number of nitrogens with zero attached hydrogens (tertiary/aromatic N) is 1. The molecule has 0 spiro atoms. The molecule has 1 heterocycles. The van der Waals surface area contributed by atoms with Crippen LogP contribution in [0.25, 0.3) is 21.9 Å². The average molecular weight is 365 g/mol. The quantitative estimate of drug-likeness (QED) is 0.706. The van der Waals surface area contributed by atoms with Crippen LogP contribution in [0.1, 0.15) is 32.3 Å². The summed E-state index contributed by atoms with van der Waals surface area (Å²) in [7, 11) is 0. The lowest BCUT2D eigenvalue weighted by Crippen LogP contribution is -2.24. The Morgan fingerprint density at radius 3 is 2.59 bits per heavy atom. The average Bonchev–Trinajstić information content (AvgIpc) is 3.54. The minimum atomic E-state index is -0.278. The Bertz CT molecular complexity index is 967. The molecular formula is C22H24FN3O. The maximum absolute atomic E-state index is 13.5. The van der Waals surface area contributed by atoms with Gasteiger partial charge in [0.15, 0.2) is 0 Å². The molecule has 1 saturated carbocycles. The van der Waals surface area contributed by atoms with E-state index in [-0.39, 0.29) is 17.6 Å². The summed E-state index contributed by atoms with van der Waals surface area (Å²) < 4.78 is 13.5. The van der Waals surface area contributed by atoms with E-state index in [1.165, 1.54) is 12.1 Å². The van der Waals surface area contributed by atoms with Crippen LogP contribution < -0.4 is 11.1 Å². The molecule has 0 saturated heterocycles. The Labute approximate surface area is 158 Å². The van der Waals surface area contributed by atoms with E-state index in [9.17, 15) is 9.18 Å². The second-order valence-corrected chi connectivity index (χ2v) is 6.43. The molecular weight excluding hydrogens is 341 g/mol. The molecule has 4 nitrogen and oxygen atoms in total. The number of amides is 1. The second kappa shape index (κ2) is 8.16. The van der Waals surface area contributed by atoms with Gasteiger partial charge in [-0.25, -0.2) is 9.37 Å². The molecule has 0 bridgehead atoms. The number of anilines is 1. The third-order valence-electron chi connectivity index (χ3n) is 4.56. The maximum atomic E-state index is 13.5.